The van der Waals surface area contributed by atoms with Crippen molar-refractivity contribution in [3.8, 4) is 0 Å². The standard InChI is InChI=1S/C13H19N3O2/c14-13(15-18)8-12(10-4-2-1-3-5-10)16-7-6-11(17)9-16/h1-5,11-12,17-18H,6-9H2,(H2,14,15). The molecular formula is C13H19N3O2. The van der Waals surface area contributed by atoms with Gasteiger partial charge in [0.05, 0.1) is 6.10 Å². The molecule has 0 bridgehead atoms. The van der Waals surface area contributed by atoms with Gasteiger partial charge in [-0.15, -0.1) is 0 Å². The molecule has 4 N–H and O–H groups in total. The molecule has 1 aromatic rings. The lowest BCUT2D eigenvalue weighted by atomic mass is 10.0. The first-order valence-corrected chi connectivity index (χ1v) is 6.14. The van der Waals surface area contributed by atoms with Gasteiger partial charge < -0.3 is 16.0 Å². The van der Waals surface area contributed by atoms with Crippen LogP contribution in [0.1, 0.15) is 24.4 Å². The zero-order chi connectivity index (χ0) is 13.0. The summed E-state index contributed by atoms with van der Waals surface area (Å²) in [6.07, 6.45) is 0.968. The first-order chi connectivity index (χ1) is 8.70. The number of nitrogens with zero attached hydrogens (tertiary/aromatic N) is 2. The fraction of sp³-hybridized carbons (Fsp3) is 0.462. The average molecular weight is 249 g/mol. The highest BCUT2D eigenvalue weighted by atomic mass is 16.4. The molecule has 5 heteroatoms. The molecule has 2 rings (SSSR count). The summed E-state index contributed by atoms with van der Waals surface area (Å²) in [5.41, 5.74) is 6.75. The lowest BCUT2D eigenvalue weighted by molar-refractivity contribution is 0.160. The van der Waals surface area contributed by atoms with E-state index in [-0.39, 0.29) is 18.0 Å². The van der Waals surface area contributed by atoms with Gasteiger partial charge in [-0.25, -0.2) is 0 Å². The highest BCUT2D eigenvalue weighted by molar-refractivity contribution is 5.80. The van der Waals surface area contributed by atoms with Gasteiger partial charge in [0.25, 0.3) is 0 Å². The van der Waals surface area contributed by atoms with Crippen molar-refractivity contribution in [2.45, 2.75) is 25.0 Å². The van der Waals surface area contributed by atoms with E-state index < -0.39 is 0 Å². The van der Waals surface area contributed by atoms with Crippen molar-refractivity contribution in [3.63, 3.8) is 0 Å². The number of oxime groups is 1. The van der Waals surface area contributed by atoms with E-state index in [2.05, 4.69) is 10.1 Å². The first-order valence-electron chi connectivity index (χ1n) is 6.14. The fourth-order valence-corrected chi connectivity index (χ4v) is 2.42. The van der Waals surface area contributed by atoms with Crippen LogP contribution in [0.3, 0.4) is 0 Å². The maximum absolute atomic E-state index is 9.63. The normalized spacial score (nSPS) is 23.2. The van der Waals surface area contributed by atoms with Gasteiger partial charge >= 0.3 is 0 Å². The van der Waals surface area contributed by atoms with Crippen LogP contribution in [0.2, 0.25) is 0 Å². The van der Waals surface area contributed by atoms with Gasteiger partial charge in [-0.05, 0) is 12.0 Å². The van der Waals surface area contributed by atoms with E-state index in [0.29, 0.717) is 13.0 Å². The molecule has 1 fully saturated rings. The third-order valence-corrected chi connectivity index (χ3v) is 3.35. The minimum absolute atomic E-state index is 0.0549. The summed E-state index contributed by atoms with van der Waals surface area (Å²) in [6, 6.07) is 10.0. The summed E-state index contributed by atoms with van der Waals surface area (Å²) >= 11 is 0. The fourth-order valence-electron chi connectivity index (χ4n) is 2.42. The highest BCUT2D eigenvalue weighted by Crippen LogP contribution is 2.27. The number of amidine groups is 1. The quantitative estimate of drug-likeness (QED) is 0.321. The molecule has 0 amide bonds. The number of likely N-dealkylation sites (tertiary alicyclic amines) is 1. The summed E-state index contributed by atoms with van der Waals surface area (Å²) in [4.78, 5) is 2.18. The Morgan fingerprint density at radius 2 is 2.17 bits per heavy atom. The average Bonchev–Trinajstić information content (AvgIpc) is 2.83. The summed E-state index contributed by atoms with van der Waals surface area (Å²) in [5, 5.41) is 21.4. The van der Waals surface area contributed by atoms with Gasteiger partial charge in [0, 0.05) is 25.6 Å². The Morgan fingerprint density at radius 3 is 2.72 bits per heavy atom. The van der Waals surface area contributed by atoms with E-state index in [1.54, 1.807) is 0 Å². The van der Waals surface area contributed by atoms with E-state index in [0.717, 1.165) is 18.5 Å². The van der Waals surface area contributed by atoms with E-state index in [9.17, 15) is 5.11 Å². The van der Waals surface area contributed by atoms with E-state index >= 15 is 0 Å². The van der Waals surface area contributed by atoms with E-state index in [4.69, 9.17) is 10.9 Å². The second-order valence-electron chi connectivity index (χ2n) is 4.66. The molecule has 2 atom stereocenters. The Bertz CT molecular complexity index is 408. The smallest absolute Gasteiger partial charge is 0.141 e. The van der Waals surface area contributed by atoms with Crippen LogP contribution < -0.4 is 5.73 Å². The first kappa shape index (κ1) is 12.9. The number of rotatable bonds is 4. The molecular weight excluding hydrogens is 230 g/mol. The van der Waals surface area contributed by atoms with E-state index in [1.807, 2.05) is 30.3 Å². The van der Waals surface area contributed by atoms with Crippen LogP contribution in [-0.2, 0) is 0 Å². The lowest BCUT2D eigenvalue weighted by Gasteiger charge is -2.27. The molecule has 1 aliphatic heterocycles. The van der Waals surface area contributed by atoms with Crippen molar-refractivity contribution in [1.82, 2.24) is 4.90 Å². The molecule has 18 heavy (non-hydrogen) atoms. The monoisotopic (exact) mass is 249 g/mol. The SMILES string of the molecule is NC(CC(c1ccccc1)N1CCC(O)C1)=NO. The number of hydrogen-bond donors (Lipinski definition) is 3. The Morgan fingerprint density at radius 1 is 1.44 bits per heavy atom. The molecule has 0 spiro atoms. The number of nitrogens with two attached hydrogens (primary N) is 1. The van der Waals surface area contributed by atoms with Crippen LogP contribution in [0.4, 0.5) is 0 Å². The third-order valence-electron chi connectivity index (χ3n) is 3.35. The maximum atomic E-state index is 9.63. The summed E-state index contributed by atoms with van der Waals surface area (Å²) < 4.78 is 0. The Hall–Kier alpha value is -1.59. The van der Waals surface area contributed by atoms with Crippen molar-refractivity contribution in [2.24, 2.45) is 10.9 Å². The predicted octanol–water partition coefficient (Wildman–Crippen LogP) is 0.931. The van der Waals surface area contributed by atoms with Crippen molar-refractivity contribution < 1.29 is 10.3 Å². The number of hydrogen-bond acceptors (Lipinski definition) is 4. The van der Waals surface area contributed by atoms with Gasteiger partial charge in [-0.3, -0.25) is 4.90 Å². The van der Waals surface area contributed by atoms with Gasteiger partial charge in [0.2, 0.25) is 0 Å². The summed E-state index contributed by atoms with van der Waals surface area (Å²) in [6.45, 7) is 1.47. The van der Waals surface area contributed by atoms with Gasteiger partial charge in [-0.1, -0.05) is 35.5 Å². The second kappa shape index (κ2) is 5.84. The van der Waals surface area contributed by atoms with Crippen LogP contribution in [0.25, 0.3) is 0 Å². The summed E-state index contributed by atoms with van der Waals surface area (Å²) in [7, 11) is 0. The number of β-amino-alcohol motifs (C(OH)–C–C–N with tert-alkyl or cyclic N) is 1. The zero-order valence-electron chi connectivity index (χ0n) is 10.2. The van der Waals surface area contributed by atoms with Gasteiger partial charge in [-0.2, -0.15) is 0 Å². The maximum Gasteiger partial charge on any atom is 0.141 e. The number of aliphatic hydroxyl groups excluding tert-OH is 1. The van der Waals surface area contributed by atoms with Gasteiger partial charge in [0.15, 0.2) is 0 Å². The highest BCUT2D eigenvalue weighted by Gasteiger charge is 2.28. The molecule has 1 aromatic carbocycles. The second-order valence-corrected chi connectivity index (χ2v) is 4.66. The van der Waals surface area contributed by atoms with Gasteiger partial charge in [0.1, 0.15) is 5.84 Å². The molecule has 0 aliphatic carbocycles. The van der Waals surface area contributed by atoms with Crippen LogP contribution in [0, 0.1) is 0 Å². The Balaban J connectivity index is 2.18. The lowest BCUT2D eigenvalue weighted by Crippen LogP contribution is -2.31. The van der Waals surface area contributed by atoms with Crippen molar-refractivity contribution in [1.29, 1.82) is 0 Å². The molecule has 1 aliphatic rings. The van der Waals surface area contributed by atoms with Crippen LogP contribution in [0.15, 0.2) is 35.5 Å². The van der Waals surface area contributed by atoms with Crippen molar-refractivity contribution >= 4 is 5.84 Å². The number of aliphatic hydroxyl groups is 1. The molecule has 98 valence electrons. The van der Waals surface area contributed by atoms with Crippen molar-refractivity contribution in [2.75, 3.05) is 13.1 Å². The minimum atomic E-state index is -0.275. The van der Waals surface area contributed by atoms with Crippen LogP contribution in [-0.4, -0.2) is 40.2 Å². The summed E-state index contributed by atoms with van der Waals surface area (Å²) in [5.74, 6) is 0.213. The molecule has 0 saturated carbocycles. The molecule has 1 saturated heterocycles. The molecule has 0 aromatic heterocycles. The topological polar surface area (TPSA) is 82.1 Å². The minimum Gasteiger partial charge on any atom is -0.409 e. The zero-order valence-corrected chi connectivity index (χ0v) is 10.2. The molecule has 2 unspecified atom stereocenters. The Kier molecular flexibility index (Phi) is 4.17. The number of benzene rings is 1. The third kappa shape index (κ3) is 3.00. The van der Waals surface area contributed by atoms with Crippen LogP contribution >= 0.6 is 0 Å². The molecule has 1 heterocycles. The molecule has 5 nitrogen and oxygen atoms in total. The largest absolute Gasteiger partial charge is 0.409 e. The van der Waals surface area contributed by atoms with E-state index in [1.165, 1.54) is 0 Å². The predicted molar refractivity (Wildman–Crippen MR) is 69.4 cm³/mol. The molecule has 0 radical (unpaired) electrons. The van der Waals surface area contributed by atoms with Crippen LogP contribution in [0.5, 0.6) is 0 Å². The van der Waals surface area contributed by atoms with Crippen molar-refractivity contribution in [3.05, 3.63) is 35.9 Å². The Labute approximate surface area is 107 Å².